The number of unbranched alkanes of at least 4 members (excludes halogenated alkanes) is 33. The van der Waals surface area contributed by atoms with Gasteiger partial charge in [0.1, 0.15) is 0 Å². The molecule has 0 amide bonds. The van der Waals surface area contributed by atoms with E-state index in [9.17, 15) is 0 Å². The quantitative estimate of drug-likeness (QED) is 0.0597. The van der Waals surface area contributed by atoms with E-state index in [-0.39, 0.29) is 0 Å². The standard InChI is InChI=1S/C45H93N/c1-5-7-9-11-13-15-17-22-26-30-34-38-42-46(43-39-35-31-27-23-18-16-14-12-10-8-6-2)44-40-36-32-28-24-20-19-21-25-29-33-37-41-45(3)4/h45H,5-44H2,1-4H3. The molecule has 0 rings (SSSR count). The lowest BCUT2D eigenvalue weighted by Crippen LogP contribution is -2.27. The summed E-state index contributed by atoms with van der Waals surface area (Å²) in [4.78, 5) is 2.87. The zero-order chi connectivity index (χ0) is 33.4. The summed E-state index contributed by atoms with van der Waals surface area (Å²) in [7, 11) is 0. The Hall–Kier alpha value is -0.0400. The second kappa shape index (κ2) is 41.1. The normalized spacial score (nSPS) is 11.9. The monoisotopic (exact) mass is 648 g/mol. The third kappa shape index (κ3) is 40.1. The maximum atomic E-state index is 2.87. The van der Waals surface area contributed by atoms with Crippen LogP contribution in [-0.2, 0) is 0 Å². The Morgan fingerprint density at radius 2 is 0.457 bits per heavy atom. The molecule has 0 spiro atoms. The maximum absolute atomic E-state index is 2.87. The van der Waals surface area contributed by atoms with Crippen LogP contribution in [0, 0.1) is 5.92 Å². The van der Waals surface area contributed by atoms with E-state index in [0.29, 0.717) is 0 Å². The average Bonchev–Trinajstić information content (AvgIpc) is 3.05. The van der Waals surface area contributed by atoms with Crippen LogP contribution in [0.15, 0.2) is 0 Å². The number of hydrogen-bond acceptors (Lipinski definition) is 1. The first-order chi connectivity index (χ1) is 22.7. The summed E-state index contributed by atoms with van der Waals surface area (Å²) < 4.78 is 0. The van der Waals surface area contributed by atoms with Crippen LogP contribution >= 0.6 is 0 Å². The molecule has 46 heavy (non-hydrogen) atoms. The molecule has 0 saturated heterocycles. The van der Waals surface area contributed by atoms with Gasteiger partial charge in [-0.1, -0.05) is 246 Å². The lowest BCUT2D eigenvalue weighted by atomic mass is 10.0. The minimum Gasteiger partial charge on any atom is -0.303 e. The second-order valence-electron chi connectivity index (χ2n) is 16.0. The largest absolute Gasteiger partial charge is 0.303 e. The minimum absolute atomic E-state index is 0.890. The van der Waals surface area contributed by atoms with Crippen molar-refractivity contribution in [1.82, 2.24) is 4.90 Å². The van der Waals surface area contributed by atoms with Crippen molar-refractivity contribution >= 4 is 0 Å². The zero-order valence-electron chi connectivity index (χ0n) is 33.3. The van der Waals surface area contributed by atoms with Gasteiger partial charge in [0.15, 0.2) is 0 Å². The van der Waals surface area contributed by atoms with Gasteiger partial charge < -0.3 is 4.90 Å². The van der Waals surface area contributed by atoms with Gasteiger partial charge in [-0.05, 0) is 44.8 Å². The highest BCUT2D eigenvalue weighted by atomic mass is 15.1. The summed E-state index contributed by atoms with van der Waals surface area (Å²) in [5, 5.41) is 0. The van der Waals surface area contributed by atoms with E-state index in [1.165, 1.54) is 257 Å². The highest BCUT2D eigenvalue weighted by Crippen LogP contribution is 2.16. The maximum Gasteiger partial charge on any atom is -0.00187 e. The Kier molecular flexibility index (Phi) is 41.1. The van der Waals surface area contributed by atoms with Crippen molar-refractivity contribution in [2.75, 3.05) is 19.6 Å². The second-order valence-corrected chi connectivity index (χ2v) is 16.0. The van der Waals surface area contributed by atoms with Crippen molar-refractivity contribution in [2.24, 2.45) is 5.92 Å². The SMILES string of the molecule is CCCCCCCCCCCCCCN(CCCCCCCCCCCCCC)CCCCCCCCCCCCCCC(C)C. The highest BCUT2D eigenvalue weighted by Gasteiger charge is 2.05. The molecule has 0 saturated carbocycles. The van der Waals surface area contributed by atoms with Gasteiger partial charge in [0, 0.05) is 0 Å². The number of hydrogen-bond donors (Lipinski definition) is 0. The molecule has 1 nitrogen and oxygen atoms in total. The van der Waals surface area contributed by atoms with Gasteiger partial charge >= 0.3 is 0 Å². The third-order valence-electron chi connectivity index (χ3n) is 10.7. The van der Waals surface area contributed by atoms with E-state index in [1.807, 2.05) is 0 Å². The van der Waals surface area contributed by atoms with Crippen LogP contribution in [0.1, 0.15) is 265 Å². The molecule has 278 valence electrons. The Bertz CT molecular complexity index is 485. The average molecular weight is 648 g/mol. The lowest BCUT2D eigenvalue weighted by Gasteiger charge is -2.22. The molecular weight excluding hydrogens is 555 g/mol. The van der Waals surface area contributed by atoms with E-state index < -0.39 is 0 Å². The van der Waals surface area contributed by atoms with Crippen molar-refractivity contribution in [1.29, 1.82) is 0 Å². The third-order valence-corrected chi connectivity index (χ3v) is 10.7. The number of nitrogens with zero attached hydrogens (tertiary/aromatic N) is 1. The first-order valence-electron chi connectivity index (χ1n) is 22.4. The topological polar surface area (TPSA) is 3.24 Å². The van der Waals surface area contributed by atoms with Crippen molar-refractivity contribution in [3.63, 3.8) is 0 Å². The summed E-state index contributed by atoms with van der Waals surface area (Å²) in [5.41, 5.74) is 0. The molecule has 0 aliphatic carbocycles. The van der Waals surface area contributed by atoms with Crippen LogP contribution in [0.2, 0.25) is 0 Å². The van der Waals surface area contributed by atoms with Crippen LogP contribution in [0.5, 0.6) is 0 Å². The summed E-state index contributed by atoms with van der Waals surface area (Å²) >= 11 is 0. The molecule has 0 atom stereocenters. The first-order valence-corrected chi connectivity index (χ1v) is 22.4. The van der Waals surface area contributed by atoms with Crippen molar-refractivity contribution in [2.45, 2.75) is 265 Å². The predicted octanol–water partition coefficient (Wildman–Crippen LogP) is 16.4. The molecule has 0 N–H and O–H groups in total. The number of rotatable bonds is 41. The molecule has 0 fully saturated rings. The van der Waals surface area contributed by atoms with Crippen LogP contribution in [0.25, 0.3) is 0 Å². The van der Waals surface area contributed by atoms with Crippen LogP contribution in [0.4, 0.5) is 0 Å². The molecule has 0 aliphatic heterocycles. The van der Waals surface area contributed by atoms with E-state index >= 15 is 0 Å². The van der Waals surface area contributed by atoms with Crippen molar-refractivity contribution in [3.05, 3.63) is 0 Å². The summed E-state index contributed by atoms with van der Waals surface area (Å²) in [6.07, 6.45) is 54.1. The molecular formula is C45H93N. The summed E-state index contributed by atoms with van der Waals surface area (Å²) in [5.74, 6) is 0.890. The van der Waals surface area contributed by atoms with Crippen LogP contribution in [-0.4, -0.2) is 24.5 Å². The highest BCUT2D eigenvalue weighted by molar-refractivity contribution is 4.61. The van der Waals surface area contributed by atoms with Crippen LogP contribution < -0.4 is 0 Å². The molecule has 0 unspecified atom stereocenters. The van der Waals surface area contributed by atoms with Gasteiger partial charge in [0.2, 0.25) is 0 Å². The van der Waals surface area contributed by atoms with Gasteiger partial charge in [-0.2, -0.15) is 0 Å². The Morgan fingerprint density at radius 1 is 0.261 bits per heavy atom. The summed E-state index contributed by atoms with van der Waals surface area (Å²) in [6.45, 7) is 13.5. The molecule has 0 bridgehead atoms. The predicted molar refractivity (Wildman–Crippen MR) is 213 cm³/mol. The van der Waals surface area contributed by atoms with E-state index in [1.54, 1.807) is 0 Å². The molecule has 0 aromatic rings. The van der Waals surface area contributed by atoms with Crippen LogP contribution in [0.3, 0.4) is 0 Å². The fraction of sp³-hybridized carbons (Fsp3) is 1.00. The van der Waals surface area contributed by atoms with Gasteiger partial charge in [-0.15, -0.1) is 0 Å². The smallest absolute Gasteiger partial charge is 0.00187 e. The van der Waals surface area contributed by atoms with E-state index in [0.717, 1.165) is 5.92 Å². The first kappa shape index (κ1) is 46.0. The van der Waals surface area contributed by atoms with E-state index in [2.05, 4.69) is 32.6 Å². The fourth-order valence-electron chi connectivity index (χ4n) is 7.34. The summed E-state index contributed by atoms with van der Waals surface area (Å²) in [6, 6.07) is 0. The van der Waals surface area contributed by atoms with Gasteiger partial charge in [0.25, 0.3) is 0 Å². The molecule has 0 radical (unpaired) electrons. The molecule has 0 heterocycles. The van der Waals surface area contributed by atoms with Crippen molar-refractivity contribution < 1.29 is 0 Å². The Labute approximate surface area is 295 Å². The zero-order valence-corrected chi connectivity index (χ0v) is 33.3. The van der Waals surface area contributed by atoms with Gasteiger partial charge in [-0.25, -0.2) is 0 Å². The fourth-order valence-corrected chi connectivity index (χ4v) is 7.34. The molecule has 0 aromatic carbocycles. The lowest BCUT2D eigenvalue weighted by molar-refractivity contribution is 0.254. The van der Waals surface area contributed by atoms with E-state index in [4.69, 9.17) is 0 Å². The molecule has 0 aliphatic rings. The van der Waals surface area contributed by atoms with Gasteiger partial charge in [-0.3, -0.25) is 0 Å². The van der Waals surface area contributed by atoms with Crippen molar-refractivity contribution in [3.8, 4) is 0 Å². The minimum atomic E-state index is 0.890. The Balaban J connectivity index is 3.91. The molecule has 1 heteroatoms. The van der Waals surface area contributed by atoms with Gasteiger partial charge in [0.05, 0.1) is 0 Å². The Morgan fingerprint density at radius 3 is 0.674 bits per heavy atom. The molecule has 0 aromatic heterocycles.